The number of hydrogen-bond acceptors (Lipinski definition) is 5. The van der Waals surface area contributed by atoms with Crippen molar-refractivity contribution in [2.75, 3.05) is 6.61 Å². The van der Waals surface area contributed by atoms with Gasteiger partial charge in [-0.25, -0.2) is 0 Å². The quantitative estimate of drug-likeness (QED) is 0.304. The van der Waals surface area contributed by atoms with Crippen LogP contribution in [-0.4, -0.2) is 56.6 Å². The van der Waals surface area contributed by atoms with Crippen LogP contribution >= 0.6 is 0 Å². The van der Waals surface area contributed by atoms with Crippen LogP contribution < -0.4 is 0 Å². The van der Waals surface area contributed by atoms with E-state index in [4.69, 9.17) is 20.4 Å². The Labute approximate surface area is 69.9 Å². The minimum absolute atomic E-state index is 0.107. The van der Waals surface area contributed by atoms with Gasteiger partial charge in [0.05, 0.1) is 12.2 Å². The summed E-state index contributed by atoms with van der Waals surface area (Å²) in [5.74, 6) is -0.557. The first-order valence-electron chi connectivity index (χ1n) is 3.91. The summed E-state index contributed by atoms with van der Waals surface area (Å²) < 4.78 is 0. The van der Waals surface area contributed by atoms with E-state index in [0.29, 0.717) is 0 Å². The van der Waals surface area contributed by atoms with Gasteiger partial charge in [0, 0.05) is 12.5 Å². The molecule has 5 nitrogen and oxygen atoms in total. The molecule has 5 heteroatoms. The first-order valence-corrected chi connectivity index (χ1v) is 3.91. The van der Waals surface area contributed by atoms with E-state index >= 15 is 0 Å². The van der Waals surface area contributed by atoms with Crippen LogP contribution in [0.15, 0.2) is 0 Å². The van der Waals surface area contributed by atoms with Crippen molar-refractivity contribution in [1.29, 1.82) is 0 Å². The molecule has 0 saturated heterocycles. The largest absolute Gasteiger partial charge is 0.396 e. The molecule has 0 unspecified atom stereocenters. The molecule has 1 fully saturated rings. The highest BCUT2D eigenvalue weighted by Crippen LogP contribution is 2.25. The second-order valence-electron chi connectivity index (χ2n) is 3.22. The summed E-state index contributed by atoms with van der Waals surface area (Å²) in [7, 11) is 0. The lowest BCUT2D eigenvalue weighted by Crippen LogP contribution is -2.54. The maximum absolute atomic E-state index is 9.24. The summed E-state index contributed by atoms with van der Waals surface area (Å²) in [5, 5.41) is 45.3. The Morgan fingerprint density at radius 2 is 1.50 bits per heavy atom. The van der Waals surface area contributed by atoms with Gasteiger partial charge in [0.2, 0.25) is 0 Å². The number of aliphatic hydroxyl groups is 5. The summed E-state index contributed by atoms with van der Waals surface area (Å²) in [6, 6.07) is 0. The fourth-order valence-electron chi connectivity index (χ4n) is 1.48. The molecule has 1 aliphatic carbocycles. The average molecular weight is 178 g/mol. The van der Waals surface area contributed by atoms with Gasteiger partial charge < -0.3 is 25.5 Å². The minimum atomic E-state index is -1.37. The maximum atomic E-state index is 9.24. The van der Waals surface area contributed by atoms with Gasteiger partial charge >= 0.3 is 0 Å². The van der Waals surface area contributed by atoms with Crippen LogP contribution in [0.1, 0.15) is 6.42 Å². The summed E-state index contributed by atoms with van der Waals surface area (Å²) >= 11 is 0. The molecule has 0 aromatic carbocycles. The standard InChI is InChI=1S/C7H14O5/c8-2-3-1-4(9)6(11)7(12)5(3)10/h3-12H,1-2H2/t3-,4+,5-,6-,7+/m0/s1. The molecule has 12 heavy (non-hydrogen) atoms. The molecular formula is C7H14O5. The van der Waals surface area contributed by atoms with Crippen LogP contribution in [0.5, 0.6) is 0 Å². The Kier molecular flexibility index (Phi) is 3.03. The highest BCUT2D eigenvalue weighted by atomic mass is 16.4. The molecule has 1 rings (SSSR count). The average Bonchev–Trinajstić information content (AvgIpc) is 2.08. The highest BCUT2D eigenvalue weighted by Gasteiger charge is 2.41. The summed E-state index contributed by atoms with van der Waals surface area (Å²) in [6.45, 7) is -0.304. The van der Waals surface area contributed by atoms with Crippen molar-refractivity contribution in [3.63, 3.8) is 0 Å². The van der Waals surface area contributed by atoms with E-state index < -0.39 is 30.3 Å². The molecule has 0 aromatic rings. The maximum Gasteiger partial charge on any atom is 0.109 e. The van der Waals surface area contributed by atoms with Crippen molar-refractivity contribution >= 4 is 0 Å². The van der Waals surface area contributed by atoms with Gasteiger partial charge in [-0.1, -0.05) is 0 Å². The second-order valence-corrected chi connectivity index (χ2v) is 3.22. The van der Waals surface area contributed by atoms with E-state index in [2.05, 4.69) is 0 Å². The van der Waals surface area contributed by atoms with Crippen LogP contribution in [0, 0.1) is 5.92 Å². The van der Waals surface area contributed by atoms with Crippen molar-refractivity contribution in [3.05, 3.63) is 0 Å². The van der Waals surface area contributed by atoms with Crippen LogP contribution in [0.4, 0.5) is 0 Å². The third-order valence-corrected chi connectivity index (χ3v) is 2.36. The third-order valence-electron chi connectivity index (χ3n) is 2.36. The summed E-state index contributed by atoms with van der Waals surface area (Å²) in [5.41, 5.74) is 0. The van der Waals surface area contributed by atoms with Gasteiger partial charge in [-0.3, -0.25) is 0 Å². The number of rotatable bonds is 1. The molecule has 0 aromatic heterocycles. The minimum Gasteiger partial charge on any atom is -0.396 e. The van der Waals surface area contributed by atoms with Gasteiger partial charge in [-0.05, 0) is 6.42 Å². The topological polar surface area (TPSA) is 101 Å². The van der Waals surface area contributed by atoms with E-state index in [1.54, 1.807) is 0 Å². The van der Waals surface area contributed by atoms with Crippen molar-refractivity contribution in [2.45, 2.75) is 30.8 Å². The summed E-state index contributed by atoms with van der Waals surface area (Å²) in [6.07, 6.45) is -4.81. The summed E-state index contributed by atoms with van der Waals surface area (Å²) in [4.78, 5) is 0. The van der Waals surface area contributed by atoms with Gasteiger partial charge in [0.15, 0.2) is 0 Å². The van der Waals surface area contributed by atoms with Gasteiger partial charge in [-0.2, -0.15) is 0 Å². The zero-order valence-corrected chi connectivity index (χ0v) is 6.54. The first-order chi connectivity index (χ1) is 5.57. The van der Waals surface area contributed by atoms with Gasteiger partial charge in [0.25, 0.3) is 0 Å². The van der Waals surface area contributed by atoms with E-state index in [-0.39, 0.29) is 13.0 Å². The van der Waals surface area contributed by atoms with Crippen LogP contribution in [0.25, 0.3) is 0 Å². The molecule has 0 aliphatic heterocycles. The lowest BCUT2D eigenvalue weighted by atomic mass is 9.81. The first kappa shape index (κ1) is 9.88. The zero-order chi connectivity index (χ0) is 9.30. The van der Waals surface area contributed by atoms with Crippen molar-refractivity contribution < 1.29 is 25.5 Å². The molecule has 72 valence electrons. The van der Waals surface area contributed by atoms with Gasteiger partial charge in [-0.15, -0.1) is 0 Å². The van der Waals surface area contributed by atoms with E-state index in [9.17, 15) is 5.11 Å². The molecule has 5 N–H and O–H groups in total. The Hall–Kier alpha value is -0.200. The molecule has 0 bridgehead atoms. The molecular weight excluding hydrogens is 164 g/mol. The molecule has 0 heterocycles. The lowest BCUT2D eigenvalue weighted by Gasteiger charge is -2.37. The van der Waals surface area contributed by atoms with Gasteiger partial charge in [0.1, 0.15) is 12.2 Å². The molecule has 5 atom stereocenters. The van der Waals surface area contributed by atoms with Crippen LogP contribution in [-0.2, 0) is 0 Å². The van der Waals surface area contributed by atoms with Crippen LogP contribution in [0.3, 0.4) is 0 Å². The fourth-order valence-corrected chi connectivity index (χ4v) is 1.48. The molecule has 0 spiro atoms. The monoisotopic (exact) mass is 178 g/mol. The highest BCUT2D eigenvalue weighted by molar-refractivity contribution is 4.91. The number of aliphatic hydroxyl groups excluding tert-OH is 5. The van der Waals surface area contributed by atoms with Crippen molar-refractivity contribution in [2.24, 2.45) is 5.92 Å². The third kappa shape index (κ3) is 1.60. The zero-order valence-electron chi connectivity index (χ0n) is 6.54. The molecule has 0 amide bonds. The van der Waals surface area contributed by atoms with E-state index in [1.165, 1.54) is 0 Å². The lowest BCUT2D eigenvalue weighted by molar-refractivity contribution is -0.163. The Balaban J connectivity index is 2.63. The van der Waals surface area contributed by atoms with Crippen LogP contribution in [0.2, 0.25) is 0 Å². The Morgan fingerprint density at radius 1 is 0.917 bits per heavy atom. The molecule has 1 aliphatic rings. The normalized spacial score (nSPS) is 49.2. The smallest absolute Gasteiger partial charge is 0.109 e. The van der Waals surface area contributed by atoms with E-state index in [1.807, 2.05) is 0 Å². The SMILES string of the molecule is OC[C@@H]1C[C@@H](O)[C@H](O)[C@H](O)[C@H]1O. The second kappa shape index (κ2) is 3.68. The Bertz CT molecular complexity index is 146. The Morgan fingerprint density at radius 3 is 2.00 bits per heavy atom. The molecule has 0 radical (unpaired) electrons. The van der Waals surface area contributed by atoms with Crippen molar-refractivity contribution in [1.82, 2.24) is 0 Å². The predicted molar refractivity (Wildman–Crippen MR) is 39.2 cm³/mol. The van der Waals surface area contributed by atoms with E-state index in [0.717, 1.165) is 0 Å². The van der Waals surface area contributed by atoms with Crippen molar-refractivity contribution in [3.8, 4) is 0 Å². The molecule has 1 saturated carbocycles. The number of hydrogen-bond donors (Lipinski definition) is 5. The predicted octanol–water partition coefficient (Wildman–Crippen LogP) is -2.56. The fraction of sp³-hybridized carbons (Fsp3) is 1.00.